The van der Waals surface area contributed by atoms with Crippen LogP contribution >= 0.6 is 11.6 Å². The number of aromatic nitrogens is 1. The molecule has 0 bridgehead atoms. The Bertz CT molecular complexity index is 716. The van der Waals surface area contributed by atoms with Crippen LogP contribution < -0.4 is 15.0 Å². The number of nitrogens with one attached hydrogen (secondary N) is 1. The highest BCUT2D eigenvalue weighted by molar-refractivity contribution is 6.31. The average molecular weight is 362 g/mol. The van der Waals surface area contributed by atoms with Gasteiger partial charge in [0.15, 0.2) is 0 Å². The van der Waals surface area contributed by atoms with Gasteiger partial charge in [-0.3, -0.25) is 9.78 Å². The maximum atomic E-state index is 12.6. The lowest BCUT2D eigenvalue weighted by molar-refractivity contribution is 0.102. The Hall–Kier alpha value is -2.27. The van der Waals surface area contributed by atoms with Crippen molar-refractivity contribution in [2.75, 3.05) is 30.4 Å². The van der Waals surface area contributed by atoms with E-state index in [1.807, 2.05) is 6.07 Å². The maximum Gasteiger partial charge on any atom is 0.257 e. The van der Waals surface area contributed by atoms with E-state index in [0.717, 1.165) is 31.6 Å². The van der Waals surface area contributed by atoms with E-state index in [-0.39, 0.29) is 5.91 Å². The molecule has 1 heterocycles. The van der Waals surface area contributed by atoms with E-state index in [1.54, 1.807) is 37.7 Å². The minimum absolute atomic E-state index is 0.247. The maximum absolute atomic E-state index is 12.6. The van der Waals surface area contributed by atoms with Crippen LogP contribution in [0, 0.1) is 0 Å². The zero-order valence-electron chi connectivity index (χ0n) is 14.9. The summed E-state index contributed by atoms with van der Waals surface area (Å²) >= 11 is 6.01. The van der Waals surface area contributed by atoms with Gasteiger partial charge in [-0.25, -0.2) is 0 Å². The normalized spacial score (nSPS) is 10.4. The average Bonchev–Trinajstić information content (AvgIpc) is 2.62. The smallest absolute Gasteiger partial charge is 0.257 e. The molecule has 0 saturated heterocycles. The number of halogens is 1. The molecule has 134 valence electrons. The summed E-state index contributed by atoms with van der Waals surface area (Å²) in [7, 11) is 1.55. The van der Waals surface area contributed by atoms with Crippen molar-refractivity contribution in [1.29, 1.82) is 0 Å². The van der Waals surface area contributed by atoms with Crippen molar-refractivity contribution >= 4 is 28.9 Å². The molecule has 0 aliphatic heterocycles. The number of hydrogen-bond acceptors (Lipinski definition) is 4. The van der Waals surface area contributed by atoms with Crippen LogP contribution in [0.4, 0.5) is 11.4 Å². The van der Waals surface area contributed by atoms with Crippen molar-refractivity contribution in [3.05, 3.63) is 47.2 Å². The van der Waals surface area contributed by atoms with E-state index in [9.17, 15) is 4.79 Å². The van der Waals surface area contributed by atoms with Crippen molar-refractivity contribution in [1.82, 2.24) is 4.98 Å². The van der Waals surface area contributed by atoms with Crippen molar-refractivity contribution < 1.29 is 9.53 Å². The number of amides is 1. The van der Waals surface area contributed by atoms with Gasteiger partial charge < -0.3 is 15.0 Å². The molecule has 0 unspecified atom stereocenters. The molecule has 0 radical (unpaired) electrons. The highest BCUT2D eigenvalue weighted by Crippen LogP contribution is 2.28. The van der Waals surface area contributed by atoms with Crippen LogP contribution in [0.1, 0.15) is 37.0 Å². The van der Waals surface area contributed by atoms with E-state index >= 15 is 0 Å². The Morgan fingerprint density at radius 2 is 1.92 bits per heavy atom. The van der Waals surface area contributed by atoms with Crippen molar-refractivity contribution in [3.63, 3.8) is 0 Å². The van der Waals surface area contributed by atoms with Crippen LogP contribution in [-0.2, 0) is 0 Å². The number of benzene rings is 1. The Balaban J connectivity index is 2.22. The van der Waals surface area contributed by atoms with Crippen LogP contribution in [-0.4, -0.2) is 31.1 Å². The molecule has 2 aromatic rings. The molecule has 6 heteroatoms. The molecule has 0 aliphatic carbocycles. The van der Waals surface area contributed by atoms with Crippen LogP contribution in [0.25, 0.3) is 0 Å². The first kappa shape index (κ1) is 19.1. The lowest BCUT2D eigenvalue weighted by atomic mass is 10.2. The largest absolute Gasteiger partial charge is 0.495 e. The number of rotatable bonds is 8. The molecule has 0 atom stereocenters. The van der Waals surface area contributed by atoms with Gasteiger partial charge >= 0.3 is 0 Å². The number of anilines is 2. The van der Waals surface area contributed by atoms with Gasteiger partial charge in [0.1, 0.15) is 5.75 Å². The van der Waals surface area contributed by atoms with Crippen LogP contribution in [0.3, 0.4) is 0 Å². The van der Waals surface area contributed by atoms with Crippen molar-refractivity contribution in [2.45, 2.75) is 26.7 Å². The summed E-state index contributed by atoms with van der Waals surface area (Å²) in [6.45, 7) is 6.14. The fourth-order valence-corrected chi connectivity index (χ4v) is 2.78. The van der Waals surface area contributed by atoms with Gasteiger partial charge in [-0.15, -0.1) is 0 Å². The lowest BCUT2D eigenvalue weighted by Gasteiger charge is -2.23. The van der Waals surface area contributed by atoms with Crippen LogP contribution in [0.15, 0.2) is 36.7 Å². The summed E-state index contributed by atoms with van der Waals surface area (Å²) in [5, 5.41) is 3.37. The number of methoxy groups -OCH3 is 1. The number of nitrogens with zero attached hydrogens (tertiary/aromatic N) is 2. The zero-order chi connectivity index (χ0) is 18.2. The van der Waals surface area contributed by atoms with Gasteiger partial charge in [0.25, 0.3) is 5.91 Å². The number of pyridine rings is 1. The number of carbonyl (C=O) groups excluding carboxylic acids is 1. The van der Waals surface area contributed by atoms with Gasteiger partial charge in [0.05, 0.1) is 30.2 Å². The second-order valence-electron chi connectivity index (χ2n) is 5.72. The highest BCUT2D eigenvalue weighted by Gasteiger charge is 2.13. The fourth-order valence-electron chi connectivity index (χ4n) is 2.61. The molecular formula is C19H24ClN3O2. The van der Waals surface area contributed by atoms with Gasteiger partial charge in [0.2, 0.25) is 0 Å². The zero-order valence-corrected chi connectivity index (χ0v) is 15.6. The third-order valence-electron chi connectivity index (χ3n) is 3.75. The molecular weight excluding hydrogens is 338 g/mol. The summed E-state index contributed by atoms with van der Waals surface area (Å²) in [6.07, 6.45) is 5.43. The predicted molar refractivity (Wildman–Crippen MR) is 103 cm³/mol. The molecule has 0 spiro atoms. The molecule has 1 N–H and O–H groups in total. The standard InChI is InChI=1S/C19H24ClN3O2/c1-4-8-23(9-5-2)16-10-14(12-21-13-16)19(24)22-17-11-15(20)6-7-18(17)25-3/h6-7,10-13H,4-5,8-9H2,1-3H3,(H,22,24). The number of carbonyl (C=O) groups is 1. The highest BCUT2D eigenvalue weighted by atomic mass is 35.5. The number of ether oxygens (including phenoxy) is 1. The predicted octanol–water partition coefficient (Wildman–Crippen LogP) is 4.62. The topological polar surface area (TPSA) is 54.5 Å². The SMILES string of the molecule is CCCN(CCC)c1cncc(C(=O)Nc2cc(Cl)ccc2OC)c1. The monoisotopic (exact) mass is 361 g/mol. The molecule has 5 nitrogen and oxygen atoms in total. The summed E-state index contributed by atoms with van der Waals surface area (Å²) in [6, 6.07) is 6.96. The summed E-state index contributed by atoms with van der Waals surface area (Å²) in [5.41, 5.74) is 1.98. The second kappa shape index (κ2) is 9.28. The van der Waals surface area contributed by atoms with Gasteiger partial charge in [-0.1, -0.05) is 25.4 Å². The molecule has 1 aromatic heterocycles. The molecule has 1 aromatic carbocycles. The summed E-state index contributed by atoms with van der Waals surface area (Å²) in [5.74, 6) is 0.309. The van der Waals surface area contributed by atoms with Crippen LogP contribution in [0.5, 0.6) is 5.75 Å². The Kier molecular flexibility index (Phi) is 7.07. The Morgan fingerprint density at radius 3 is 2.56 bits per heavy atom. The van der Waals surface area contributed by atoms with Gasteiger partial charge in [-0.05, 0) is 37.1 Å². The van der Waals surface area contributed by atoms with Crippen molar-refractivity contribution in [2.24, 2.45) is 0 Å². The lowest BCUT2D eigenvalue weighted by Crippen LogP contribution is -2.25. The first-order valence-electron chi connectivity index (χ1n) is 8.43. The summed E-state index contributed by atoms with van der Waals surface area (Å²) in [4.78, 5) is 19.1. The second-order valence-corrected chi connectivity index (χ2v) is 6.15. The Morgan fingerprint density at radius 1 is 1.20 bits per heavy atom. The van der Waals surface area contributed by atoms with Crippen LogP contribution in [0.2, 0.25) is 5.02 Å². The van der Waals surface area contributed by atoms with E-state index < -0.39 is 0 Å². The minimum atomic E-state index is -0.247. The third-order valence-corrected chi connectivity index (χ3v) is 3.98. The van der Waals surface area contributed by atoms with E-state index in [4.69, 9.17) is 16.3 Å². The first-order valence-corrected chi connectivity index (χ1v) is 8.81. The third kappa shape index (κ3) is 5.10. The molecule has 0 saturated carbocycles. The molecule has 1 amide bonds. The molecule has 0 fully saturated rings. The van der Waals surface area contributed by atoms with E-state index in [0.29, 0.717) is 22.0 Å². The van der Waals surface area contributed by atoms with E-state index in [2.05, 4.69) is 29.0 Å². The fraction of sp³-hybridized carbons (Fsp3) is 0.368. The summed E-state index contributed by atoms with van der Waals surface area (Å²) < 4.78 is 5.27. The first-order chi connectivity index (χ1) is 12.1. The molecule has 0 aliphatic rings. The van der Waals surface area contributed by atoms with Gasteiger partial charge in [-0.2, -0.15) is 0 Å². The molecule has 2 rings (SSSR count). The number of hydrogen-bond donors (Lipinski definition) is 1. The van der Waals surface area contributed by atoms with Crippen molar-refractivity contribution in [3.8, 4) is 5.75 Å². The quantitative estimate of drug-likeness (QED) is 0.745. The molecule has 25 heavy (non-hydrogen) atoms. The Labute approximate surface area is 154 Å². The minimum Gasteiger partial charge on any atom is -0.495 e. The van der Waals surface area contributed by atoms with Gasteiger partial charge in [0, 0.05) is 24.3 Å². The van der Waals surface area contributed by atoms with E-state index in [1.165, 1.54) is 0 Å².